The van der Waals surface area contributed by atoms with Crippen molar-refractivity contribution in [2.24, 2.45) is 11.8 Å². The summed E-state index contributed by atoms with van der Waals surface area (Å²) in [6.45, 7) is 3.59. The number of amides is 3. The highest BCUT2D eigenvalue weighted by atomic mass is 16.5. The van der Waals surface area contributed by atoms with Gasteiger partial charge in [0.25, 0.3) is 5.91 Å². The van der Waals surface area contributed by atoms with Crippen molar-refractivity contribution < 1.29 is 18.8 Å². The molecule has 3 amide bonds. The standard InChI is InChI=1S/C21H26N4O4/c1-13-9-18(22-29-13)20(26)24-10-15-11-25(21(27)23(2)3)19(17(15)12-24)14-5-7-16(28-4)8-6-14/h5-9,15,17,19H,10-12H2,1-4H3/t15-,17-,19+/m1/s1. The molecule has 2 aromatic rings. The van der Waals surface area contributed by atoms with E-state index in [1.165, 1.54) is 0 Å². The molecule has 2 fully saturated rings. The summed E-state index contributed by atoms with van der Waals surface area (Å²) in [6.07, 6.45) is 0. The highest BCUT2D eigenvalue weighted by molar-refractivity contribution is 5.92. The van der Waals surface area contributed by atoms with Crippen LogP contribution in [0.15, 0.2) is 34.9 Å². The van der Waals surface area contributed by atoms with Crippen LogP contribution in [0.1, 0.15) is 27.9 Å². The van der Waals surface area contributed by atoms with Gasteiger partial charge in [-0.15, -0.1) is 0 Å². The zero-order chi connectivity index (χ0) is 20.7. The number of hydrogen-bond donors (Lipinski definition) is 0. The summed E-state index contributed by atoms with van der Waals surface area (Å²) in [6, 6.07) is 9.41. The van der Waals surface area contributed by atoms with E-state index in [4.69, 9.17) is 9.26 Å². The van der Waals surface area contributed by atoms with Crippen LogP contribution < -0.4 is 4.74 Å². The molecule has 0 bridgehead atoms. The van der Waals surface area contributed by atoms with Crippen LogP contribution >= 0.6 is 0 Å². The SMILES string of the molecule is COc1ccc([C@H]2[C@@H]3CN(C(=O)c4cc(C)on4)C[C@@H]3CN2C(=O)N(C)C)cc1. The van der Waals surface area contributed by atoms with Crippen LogP contribution in [0.5, 0.6) is 5.75 Å². The van der Waals surface area contributed by atoms with Crippen LogP contribution in [0.4, 0.5) is 4.79 Å². The molecule has 3 heterocycles. The van der Waals surface area contributed by atoms with Crippen molar-refractivity contribution in [3.63, 3.8) is 0 Å². The Bertz CT molecular complexity index is 908. The summed E-state index contributed by atoms with van der Waals surface area (Å²) in [5, 5.41) is 3.87. The van der Waals surface area contributed by atoms with Gasteiger partial charge in [0.2, 0.25) is 0 Å². The first-order valence-electron chi connectivity index (χ1n) is 9.73. The van der Waals surface area contributed by atoms with Crippen LogP contribution in [-0.4, -0.2) is 72.6 Å². The van der Waals surface area contributed by atoms with E-state index in [-0.39, 0.29) is 29.8 Å². The summed E-state index contributed by atoms with van der Waals surface area (Å²) >= 11 is 0. The number of methoxy groups -OCH3 is 1. The van der Waals surface area contributed by atoms with Gasteiger partial charge in [0, 0.05) is 51.6 Å². The lowest BCUT2D eigenvalue weighted by atomic mass is 9.89. The lowest BCUT2D eigenvalue weighted by Gasteiger charge is -2.31. The van der Waals surface area contributed by atoms with E-state index in [0.29, 0.717) is 31.1 Å². The molecule has 3 atom stereocenters. The first kappa shape index (κ1) is 19.3. The number of carbonyl (C=O) groups is 2. The molecule has 0 saturated carbocycles. The molecule has 1 aromatic heterocycles. The Hall–Kier alpha value is -3.03. The molecule has 0 aliphatic carbocycles. The van der Waals surface area contributed by atoms with Gasteiger partial charge in [-0.25, -0.2) is 4.79 Å². The lowest BCUT2D eigenvalue weighted by molar-refractivity contribution is 0.0756. The van der Waals surface area contributed by atoms with Crippen molar-refractivity contribution in [1.29, 1.82) is 0 Å². The van der Waals surface area contributed by atoms with Gasteiger partial charge < -0.3 is 24.0 Å². The smallest absolute Gasteiger partial charge is 0.320 e. The minimum atomic E-state index is -0.116. The number of benzene rings is 1. The molecule has 29 heavy (non-hydrogen) atoms. The number of likely N-dealkylation sites (tertiary alicyclic amines) is 2. The third-order valence-corrected chi connectivity index (χ3v) is 5.88. The summed E-state index contributed by atoms with van der Waals surface area (Å²) in [4.78, 5) is 31.1. The number of hydrogen-bond acceptors (Lipinski definition) is 5. The van der Waals surface area contributed by atoms with E-state index in [1.807, 2.05) is 34.1 Å². The highest BCUT2D eigenvalue weighted by Crippen LogP contribution is 2.45. The molecular weight excluding hydrogens is 372 g/mol. The first-order chi connectivity index (χ1) is 13.9. The molecule has 0 N–H and O–H groups in total. The minimum absolute atomic E-state index is 0.00905. The molecule has 154 valence electrons. The molecule has 0 unspecified atom stereocenters. The fraction of sp³-hybridized carbons (Fsp3) is 0.476. The molecule has 2 saturated heterocycles. The number of ether oxygens (including phenoxy) is 1. The average Bonchev–Trinajstić information content (AvgIpc) is 3.40. The van der Waals surface area contributed by atoms with Crippen molar-refractivity contribution in [3.05, 3.63) is 47.3 Å². The van der Waals surface area contributed by atoms with Gasteiger partial charge in [-0.3, -0.25) is 4.79 Å². The van der Waals surface area contributed by atoms with Gasteiger partial charge in [-0.1, -0.05) is 17.3 Å². The molecule has 4 rings (SSSR count). The van der Waals surface area contributed by atoms with Crippen molar-refractivity contribution in [1.82, 2.24) is 19.9 Å². The summed E-state index contributed by atoms with van der Waals surface area (Å²) in [5.41, 5.74) is 1.39. The van der Waals surface area contributed by atoms with Crippen LogP contribution in [0.25, 0.3) is 0 Å². The maximum absolute atomic E-state index is 12.8. The molecule has 8 heteroatoms. The minimum Gasteiger partial charge on any atom is -0.497 e. The summed E-state index contributed by atoms with van der Waals surface area (Å²) < 4.78 is 10.3. The predicted octanol–water partition coefficient (Wildman–Crippen LogP) is 2.42. The zero-order valence-corrected chi connectivity index (χ0v) is 17.2. The molecule has 2 aliphatic heterocycles. The number of aromatic nitrogens is 1. The Morgan fingerprint density at radius 3 is 2.48 bits per heavy atom. The van der Waals surface area contributed by atoms with Gasteiger partial charge in [-0.2, -0.15) is 0 Å². The Kier molecular flexibility index (Phi) is 4.94. The Morgan fingerprint density at radius 1 is 1.17 bits per heavy atom. The Morgan fingerprint density at radius 2 is 1.90 bits per heavy atom. The van der Waals surface area contributed by atoms with Gasteiger partial charge >= 0.3 is 6.03 Å². The Labute approximate surface area is 170 Å². The van der Waals surface area contributed by atoms with Gasteiger partial charge in [-0.05, 0) is 24.6 Å². The van der Waals surface area contributed by atoms with Gasteiger partial charge in [0.1, 0.15) is 11.5 Å². The first-order valence-corrected chi connectivity index (χ1v) is 9.73. The highest BCUT2D eigenvalue weighted by Gasteiger charge is 2.50. The summed E-state index contributed by atoms with van der Waals surface area (Å²) in [5.74, 6) is 1.67. The van der Waals surface area contributed by atoms with E-state index < -0.39 is 0 Å². The van der Waals surface area contributed by atoms with Crippen molar-refractivity contribution in [2.45, 2.75) is 13.0 Å². The van der Waals surface area contributed by atoms with Gasteiger partial charge in [0.15, 0.2) is 5.69 Å². The largest absolute Gasteiger partial charge is 0.497 e. The van der Waals surface area contributed by atoms with Crippen LogP contribution in [0.2, 0.25) is 0 Å². The van der Waals surface area contributed by atoms with E-state index in [0.717, 1.165) is 11.3 Å². The number of urea groups is 1. The second-order valence-electron chi connectivity index (χ2n) is 8.00. The van der Waals surface area contributed by atoms with Crippen molar-refractivity contribution >= 4 is 11.9 Å². The van der Waals surface area contributed by atoms with Crippen LogP contribution in [0.3, 0.4) is 0 Å². The molecule has 1 aromatic carbocycles. The third kappa shape index (κ3) is 3.43. The quantitative estimate of drug-likeness (QED) is 0.793. The molecule has 8 nitrogen and oxygen atoms in total. The van der Waals surface area contributed by atoms with Crippen molar-refractivity contribution in [3.8, 4) is 5.75 Å². The number of carbonyl (C=O) groups excluding carboxylic acids is 2. The lowest BCUT2D eigenvalue weighted by Crippen LogP contribution is -2.42. The summed E-state index contributed by atoms with van der Waals surface area (Å²) in [7, 11) is 5.17. The fourth-order valence-corrected chi connectivity index (χ4v) is 4.52. The van der Waals surface area contributed by atoms with Crippen LogP contribution in [0, 0.1) is 18.8 Å². The van der Waals surface area contributed by atoms with E-state index >= 15 is 0 Å². The number of rotatable bonds is 3. The second-order valence-corrected chi connectivity index (χ2v) is 8.00. The van der Waals surface area contributed by atoms with Crippen molar-refractivity contribution in [2.75, 3.05) is 40.8 Å². The third-order valence-electron chi connectivity index (χ3n) is 5.88. The maximum atomic E-state index is 12.8. The number of nitrogens with zero attached hydrogens (tertiary/aromatic N) is 4. The number of aryl methyl sites for hydroxylation is 1. The van der Waals surface area contributed by atoms with E-state index in [1.54, 1.807) is 39.1 Å². The normalized spacial score (nSPS) is 23.2. The van der Waals surface area contributed by atoms with E-state index in [9.17, 15) is 9.59 Å². The van der Waals surface area contributed by atoms with E-state index in [2.05, 4.69) is 5.16 Å². The Balaban J connectivity index is 1.60. The second kappa shape index (κ2) is 7.42. The molecular formula is C21H26N4O4. The average molecular weight is 398 g/mol. The maximum Gasteiger partial charge on any atom is 0.320 e. The topological polar surface area (TPSA) is 79.1 Å². The fourth-order valence-electron chi connectivity index (χ4n) is 4.52. The number of fused-ring (bicyclic) bond motifs is 1. The monoisotopic (exact) mass is 398 g/mol. The molecule has 0 radical (unpaired) electrons. The molecule has 0 spiro atoms. The molecule has 2 aliphatic rings. The zero-order valence-electron chi connectivity index (χ0n) is 17.2. The van der Waals surface area contributed by atoms with Crippen LogP contribution in [-0.2, 0) is 0 Å². The predicted molar refractivity (Wildman–Crippen MR) is 106 cm³/mol. The van der Waals surface area contributed by atoms with Gasteiger partial charge in [0.05, 0.1) is 13.2 Å².